The van der Waals surface area contributed by atoms with Gasteiger partial charge in [0.05, 0.1) is 22.3 Å². The van der Waals surface area contributed by atoms with E-state index in [0.717, 1.165) is 11.1 Å². The van der Waals surface area contributed by atoms with Gasteiger partial charge in [0.25, 0.3) is 0 Å². The molecule has 0 unspecified atom stereocenters. The van der Waals surface area contributed by atoms with Crippen LogP contribution in [0.4, 0.5) is 0 Å². The normalized spacial score (nSPS) is 27.0. The molecule has 3 rings (SSSR count). The van der Waals surface area contributed by atoms with E-state index in [2.05, 4.69) is 0 Å². The van der Waals surface area contributed by atoms with Crippen molar-refractivity contribution in [3.05, 3.63) is 64.7 Å². The van der Waals surface area contributed by atoms with Crippen molar-refractivity contribution < 1.29 is 13.5 Å². The molecule has 2 aromatic carbocycles. The minimum Gasteiger partial charge on any atom is -0.394 e. The van der Waals surface area contributed by atoms with E-state index in [4.69, 9.17) is 17.3 Å². The van der Waals surface area contributed by atoms with E-state index in [1.54, 1.807) is 48.5 Å². The van der Waals surface area contributed by atoms with Crippen molar-refractivity contribution in [2.75, 3.05) is 6.61 Å². The molecule has 3 N–H and O–H groups in total. The Kier molecular flexibility index (Phi) is 4.01. The zero-order valence-electron chi connectivity index (χ0n) is 12.6. The third kappa shape index (κ3) is 2.68. The highest BCUT2D eigenvalue weighted by molar-refractivity contribution is 7.92. The van der Waals surface area contributed by atoms with Crippen molar-refractivity contribution >= 4 is 21.4 Å². The smallest absolute Gasteiger partial charge is 0.183 e. The van der Waals surface area contributed by atoms with Crippen LogP contribution in [-0.2, 0) is 9.84 Å². The molecule has 2 aromatic rings. The fraction of sp³-hybridized carbons (Fsp3) is 0.294. The van der Waals surface area contributed by atoms with E-state index in [0.29, 0.717) is 5.02 Å². The van der Waals surface area contributed by atoms with Crippen LogP contribution >= 0.6 is 11.6 Å². The molecule has 0 bridgehead atoms. The highest BCUT2D eigenvalue weighted by Crippen LogP contribution is 2.55. The fourth-order valence-corrected chi connectivity index (χ4v) is 5.64. The average Bonchev–Trinajstić information content (AvgIpc) is 3.15. The second kappa shape index (κ2) is 5.60. The molecule has 3 atom stereocenters. The number of hydrogen-bond acceptors (Lipinski definition) is 4. The second-order valence-electron chi connectivity index (χ2n) is 6.08. The van der Waals surface area contributed by atoms with E-state index in [1.165, 1.54) is 0 Å². The summed E-state index contributed by atoms with van der Waals surface area (Å²) in [5, 5.41) is 9.32. The number of aliphatic hydroxyl groups excluding tert-OH is 1. The lowest BCUT2D eigenvalue weighted by atomic mass is 10.1. The molecule has 0 saturated heterocycles. The quantitative estimate of drug-likeness (QED) is 0.885. The summed E-state index contributed by atoms with van der Waals surface area (Å²) in [5.41, 5.74) is 6.72. The summed E-state index contributed by atoms with van der Waals surface area (Å²) in [4.78, 5) is 0.223. The van der Waals surface area contributed by atoms with Crippen molar-refractivity contribution in [2.24, 2.45) is 5.73 Å². The Bertz CT molecular complexity index is 835. The number of aryl methyl sites for hydroxylation is 1. The first-order valence-electron chi connectivity index (χ1n) is 7.26. The molecule has 1 aliphatic carbocycles. The van der Waals surface area contributed by atoms with Crippen LogP contribution in [0.25, 0.3) is 0 Å². The van der Waals surface area contributed by atoms with Gasteiger partial charge in [-0.05, 0) is 36.8 Å². The Labute approximate surface area is 140 Å². The largest absolute Gasteiger partial charge is 0.394 e. The first kappa shape index (κ1) is 16.5. The van der Waals surface area contributed by atoms with Gasteiger partial charge in [0.1, 0.15) is 0 Å². The Balaban J connectivity index is 2.03. The van der Waals surface area contributed by atoms with E-state index in [1.807, 2.05) is 6.92 Å². The third-order valence-corrected chi connectivity index (χ3v) is 7.01. The topological polar surface area (TPSA) is 80.4 Å². The minimum atomic E-state index is -3.64. The van der Waals surface area contributed by atoms with Crippen LogP contribution in [-0.4, -0.2) is 30.9 Å². The molecule has 1 saturated carbocycles. The first-order chi connectivity index (χ1) is 10.8. The van der Waals surface area contributed by atoms with Crippen molar-refractivity contribution in [1.29, 1.82) is 0 Å². The van der Waals surface area contributed by atoms with E-state index in [9.17, 15) is 13.5 Å². The maximum absolute atomic E-state index is 12.9. The molecule has 1 fully saturated rings. The lowest BCUT2D eigenvalue weighted by molar-refractivity contribution is 0.253. The average molecular weight is 352 g/mol. The predicted octanol–water partition coefficient (Wildman–Crippen LogP) is 2.28. The van der Waals surface area contributed by atoms with E-state index >= 15 is 0 Å². The van der Waals surface area contributed by atoms with Gasteiger partial charge in [-0.2, -0.15) is 0 Å². The van der Waals surface area contributed by atoms with Crippen LogP contribution < -0.4 is 5.73 Å². The molecule has 23 heavy (non-hydrogen) atoms. The number of benzene rings is 2. The summed E-state index contributed by atoms with van der Waals surface area (Å²) in [7, 11) is -3.64. The molecular formula is C17H18ClNO3S. The van der Waals surface area contributed by atoms with Gasteiger partial charge in [0.2, 0.25) is 0 Å². The van der Waals surface area contributed by atoms with Crippen molar-refractivity contribution in [1.82, 2.24) is 0 Å². The lowest BCUT2D eigenvalue weighted by Gasteiger charge is -2.08. The molecular weight excluding hydrogens is 334 g/mol. The van der Waals surface area contributed by atoms with Crippen LogP contribution in [0.1, 0.15) is 17.0 Å². The third-order valence-electron chi connectivity index (χ3n) is 4.47. The summed E-state index contributed by atoms with van der Waals surface area (Å²) >= 11 is 6.00. The van der Waals surface area contributed by atoms with Gasteiger partial charge < -0.3 is 10.8 Å². The van der Waals surface area contributed by atoms with Crippen LogP contribution in [0.15, 0.2) is 53.4 Å². The summed E-state index contributed by atoms with van der Waals surface area (Å²) in [5.74, 6) is -0.475. The van der Waals surface area contributed by atoms with Gasteiger partial charge >= 0.3 is 0 Å². The van der Waals surface area contributed by atoms with E-state index in [-0.39, 0.29) is 4.90 Å². The number of rotatable bonds is 4. The molecule has 1 aliphatic rings. The van der Waals surface area contributed by atoms with Gasteiger partial charge in [-0.1, -0.05) is 41.4 Å². The molecule has 0 radical (unpaired) electrons. The van der Waals surface area contributed by atoms with Gasteiger partial charge in [0, 0.05) is 10.9 Å². The highest BCUT2D eigenvalue weighted by atomic mass is 35.5. The van der Waals surface area contributed by atoms with Gasteiger partial charge in [-0.3, -0.25) is 0 Å². The molecule has 0 aliphatic heterocycles. The summed E-state index contributed by atoms with van der Waals surface area (Å²) < 4.78 is 25.8. The van der Waals surface area contributed by atoms with Crippen LogP contribution in [0.2, 0.25) is 5.02 Å². The highest BCUT2D eigenvalue weighted by Gasteiger charge is 2.69. The maximum atomic E-state index is 12.9. The van der Waals surface area contributed by atoms with Crippen molar-refractivity contribution in [3.8, 4) is 0 Å². The second-order valence-corrected chi connectivity index (χ2v) is 8.59. The summed E-state index contributed by atoms with van der Waals surface area (Å²) in [6.07, 6.45) is 0. The summed E-state index contributed by atoms with van der Waals surface area (Å²) in [6.45, 7) is 1.49. The fourth-order valence-electron chi connectivity index (χ4n) is 3.14. The number of halogens is 1. The van der Waals surface area contributed by atoms with Crippen molar-refractivity contribution in [2.45, 2.75) is 28.5 Å². The van der Waals surface area contributed by atoms with Gasteiger partial charge in [-0.25, -0.2) is 8.42 Å². The lowest BCUT2D eigenvalue weighted by Crippen LogP contribution is -2.35. The number of nitrogens with two attached hydrogens (primary N) is 1. The van der Waals surface area contributed by atoms with Crippen LogP contribution in [0.3, 0.4) is 0 Å². The zero-order chi connectivity index (χ0) is 16.8. The summed E-state index contributed by atoms with van der Waals surface area (Å²) in [6, 6.07) is 13.6. The molecule has 4 nitrogen and oxygen atoms in total. The van der Waals surface area contributed by atoms with Crippen LogP contribution in [0.5, 0.6) is 0 Å². The monoisotopic (exact) mass is 351 g/mol. The van der Waals surface area contributed by atoms with E-state index < -0.39 is 33.2 Å². The zero-order valence-corrected chi connectivity index (χ0v) is 14.2. The van der Waals surface area contributed by atoms with Gasteiger partial charge in [-0.15, -0.1) is 0 Å². The predicted molar refractivity (Wildman–Crippen MR) is 90.4 cm³/mol. The number of hydrogen-bond donors (Lipinski definition) is 2. The molecule has 6 heteroatoms. The molecule has 122 valence electrons. The standard InChI is InChI=1S/C17H18ClNO3S/c1-11-5-7-14(8-6-11)23(21,22)16-15(17(16,19)10-20)12-3-2-4-13(18)9-12/h2-9,15-16,20H,10,19H2,1H3/t15-,16+,17-/m0/s1. The Morgan fingerprint density at radius 2 is 1.87 bits per heavy atom. The number of aliphatic hydroxyl groups is 1. The Morgan fingerprint density at radius 3 is 2.43 bits per heavy atom. The Morgan fingerprint density at radius 1 is 1.22 bits per heavy atom. The van der Waals surface area contributed by atoms with Crippen LogP contribution in [0, 0.1) is 6.92 Å². The minimum absolute atomic E-state index is 0.223. The molecule has 0 spiro atoms. The van der Waals surface area contributed by atoms with Gasteiger partial charge in [0.15, 0.2) is 9.84 Å². The SMILES string of the molecule is Cc1ccc(S(=O)(=O)[C@@H]2[C@H](c3cccc(Cl)c3)[C@@]2(N)CO)cc1. The Hall–Kier alpha value is -1.40. The first-order valence-corrected chi connectivity index (χ1v) is 9.19. The maximum Gasteiger partial charge on any atom is 0.183 e. The molecule has 0 heterocycles. The van der Waals surface area contributed by atoms with Crippen molar-refractivity contribution in [3.63, 3.8) is 0 Å². The molecule has 0 aromatic heterocycles. The molecule has 0 amide bonds. The number of sulfone groups is 1.